The summed E-state index contributed by atoms with van der Waals surface area (Å²) in [6.07, 6.45) is 3.09. The van der Waals surface area contributed by atoms with Crippen LogP contribution in [0.3, 0.4) is 0 Å². The number of nitrogens with zero attached hydrogens (tertiary/aromatic N) is 1. The van der Waals surface area contributed by atoms with Gasteiger partial charge < -0.3 is 5.73 Å². The molecule has 0 spiro atoms. The van der Waals surface area contributed by atoms with Gasteiger partial charge in [0, 0.05) is 25.6 Å². The second kappa shape index (κ2) is 5.61. The van der Waals surface area contributed by atoms with Crippen molar-refractivity contribution in [2.45, 2.75) is 38.8 Å². The molecule has 1 aliphatic rings. The fraction of sp³-hybridized carbons (Fsp3) is 0.500. The van der Waals surface area contributed by atoms with Gasteiger partial charge in [-0.1, -0.05) is 43.4 Å². The van der Waals surface area contributed by atoms with Gasteiger partial charge in [0.05, 0.1) is 4.99 Å². The summed E-state index contributed by atoms with van der Waals surface area (Å²) in [6.45, 7) is 4.37. The molecule has 0 saturated carbocycles. The van der Waals surface area contributed by atoms with Crippen LogP contribution in [0.1, 0.15) is 30.9 Å². The molecule has 1 aromatic carbocycles. The van der Waals surface area contributed by atoms with Crippen LogP contribution in [-0.4, -0.2) is 22.5 Å². The summed E-state index contributed by atoms with van der Waals surface area (Å²) >= 11 is 5.04. The Bertz CT molecular complexity index is 403. The van der Waals surface area contributed by atoms with E-state index in [1.54, 1.807) is 0 Å². The van der Waals surface area contributed by atoms with Crippen molar-refractivity contribution in [2.24, 2.45) is 5.73 Å². The first-order valence-corrected chi connectivity index (χ1v) is 6.70. The Morgan fingerprint density at radius 3 is 2.76 bits per heavy atom. The molecule has 0 aliphatic carbocycles. The number of thiocarbonyl (C=S) groups is 1. The van der Waals surface area contributed by atoms with Crippen LogP contribution in [0, 0.1) is 0 Å². The van der Waals surface area contributed by atoms with Gasteiger partial charge in [0.15, 0.2) is 0 Å². The third-order valence-corrected chi connectivity index (χ3v) is 3.75. The Morgan fingerprint density at radius 2 is 2.12 bits per heavy atom. The van der Waals surface area contributed by atoms with Gasteiger partial charge in [-0.2, -0.15) is 0 Å². The Labute approximate surface area is 109 Å². The van der Waals surface area contributed by atoms with Crippen LogP contribution in [0.4, 0.5) is 0 Å². The third kappa shape index (κ3) is 3.05. The maximum Gasteiger partial charge on any atom is 0.0743 e. The average molecular weight is 248 g/mol. The van der Waals surface area contributed by atoms with Gasteiger partial charge in [-0.05, 0) is 24.0 Å². The maximum absolute atomic E-state index is 5.67. The first kappa shape index (κ1) is 12.5. The summed E-state index contributed by atoms with van der Waals surface area (Å²) in [5.74, 6) is 0. The van der Waals surface area contributed by atoms with Crippen molar-refractivity contribution in [2.75, 3.05) is 6.54 Å². The number of fused-ring (bicyclic) bond motifs is 1. The van der Waals surface area contributed by atoms with Gasteiger partial charge >= 0.3 is 0 Å². The molecule has 0 amide bonds. The third-order valence-electron chi connectivity index (χ3n) is 3.58. The molecule has 0 saturated heterocycles. The zero-order valence-electron chi connectivity index (χ0n) is 10.4. The van der Waals surface area contributed by atoms with Crippen molar-refractivity contribution >= 4 is 17.2 Å². The molecule has 1 aliphatic heterocycles. The van der Waals surface area contributed by atoms with Gasteiger partial charge in [-0.3, -0.25) is 4.90 Å². The predicted molar refractivity (Wildman–Crippen MR) is 76.0 cm³/mol. The van der Waals surface area contributed by atoms with Crippen molar-refractivity contribution in [3.8, 4) is 0 Å². The molecule has 0 bridgehead atoms. The molecule has 2 nitrogen and oxygen atoms in total. The highest BCUT2D eigenvalue weighted by molar-refractivity contribution is 7.80. The highest BCUT2D eigenvalue weighted by Crippen LogP contribution is 2.22. The largest absolute Gasteiger partial charge is 0.393 e. The summed E-state index contributed by atoms with van der Waals surface area (Å²) in [4.78, 5) is 3.15. The van der Waals surface area contributed by atoms with E-state index in [0.717, 1.165) is 32.4 Å². The van der Waals surface area contributed by atoms with E-state index in [2.05, 4.69) is 36.1 Å². The number of benzene rings is 1. The van der Waals surface area contributed by atoms with Gasteiger partial charge in [0.1, 0.15) is 0 Å². The minimum atomic E-state index is 0.501. The molecule has 2 N–H and O–H groups in total. The minimum Gasteiger partial charge on any atom is -0.393 e. The maximum atomic E-state index is 5.67. The minimum absolute atomic E-state index is 0.501. The number of rotatable bonds is 4. The summed E-state index contributed by atoms with van der Waals surface area (Å²) in [5, 5.41) is 0. The van der Waals surface area contributed by atoms with Crippen LogP contribution < -0.4 is 5.73 Å². The monoisotopic (exact) mass is 248 g/mol. The molecule has 2 rings (SSSR count). The van der Waals surface area contributed by atoms with E-state index < -0.39 is 0 Å². The standard InChI is InChI=1S/C14H20N2S/c1-2-13(9-14(15)17)16-8-7-11-5-3-4-6-12(11)10-16/h3-6,13H,2,7-10H2,1H3,(H2,15,17). The lowest BCUT2D eigenvalue weighted by atomic mass is 9.97. The molecule has 1 unspecified atom stereocenters. The molecule has 0 aromatic heterocycles. The Balaban J connectivity index is 2.08. The SMILES string of the molecule is CCC(CC(N)=S)N1CCc2ccccc2C1. The molecule has 0 radical (unpaired) electrons. The van der Waals surface area contributed by atoms with Gasteiger partial charge in [0.25, 0.3) is 0 Å². The second-order valence-corrected chi connectivity index (χ2v) is 5.25. The molecule has 1 aromatic rings. The number of hydrogen-bond acceptors (Lipinski definition) is 2. The van der Waals surface area contributed by atoms with E-state index in [1.165, 1.54) is 11.1 Å². The Hall–Kier alpha value is -0.930. The van der Waals surface area contributed by atoms with Crippen LogP contribution in [0.2, 0.25) is 0 Å². The molecular formula is C14H20N2S. The Morgan fingerprint density at radius 1 is 1.41 bits per heavy atom. The fourth-order valence-corrected chi connectivity index (χ4v) is 2.79. The predicted octanol–water partition coefficient (Wildman–Crippen LogP) is 2.50. The van der Waals surface area contributed by atoms with E-state index in [9.17, 15) is 0 Å². The van der Waals surface area contributed by atoms with Gasteiger partial charge in [-0.25, -0.2) is 0 Å². The van der Waals surface area contributed by atoms with E-state index >= 15 is 0 Å². The van der Waals surface area contributed by atoms with Crippen LogP contribution in [0.25, 0.3) is 0 Å². The van der Waals surface area contributed by atoms with Crippen molar-refractivity contribution in [3.63, 3.8) is 0 Å². The first-order chi connectivity index (χ1) is 8.20. The molecule has 1 atom stereocenters. The lowest BCUT2D eigenvalue weighted by Crippen LogP contribution is -2.40. The molecule has 3 heteroatoms. The quantitative estimate of drug-likeness (QED) is 0.830. The molecular weight excluding hydrogens is 228 g/mol. The Kier molecular flexibility index (Phi) is 4.13. The lowest BCUT2D eigenvalue weighted by molar-refractivity contribution is 0.178. The number of nitrogens with two attached hydrogens (primary N) is 1. The van der Waals surface area contributed by atoms with E-state index in [4.69, 9.17) is 18.0 Å². The average Bonchev–Trinajstić information content (AvgIpc) is 2.35. The van der Waals surface area contributed by atoms with Crippen molar-refractivity contribution < 1.29 is 0 Å². The number of hydrogen-bond donors (Lipinski definition) is 1. The smallest absolute Gasteiger partial charge is 0.0743 e. The normalized spacial score (nSPS) is 17.5. The fourth-order valence-electron chi connectivity index (χ4n) is 2.59. The zero-order chi connectivity index (χ0) is 12.3. The lowest BCUT2D eigenvalue weighted by Gasteiger charge is -2.35. The summed E-state index contributed by atoms with van der Waals surface area (Å²) in [6, 6.07) is 9.22. The van der Waals surface area contributed by atoms with Crippen LogP contribution >= 0.6 is 12.2 Å². The summed E-state index contributed by atoms with van der Waals surface area (Å²) in [5.41, 5.74) is 8.63. The van der Waals surface area contributed by atoms with Crippen LogP contribution in [0.15, 0.2) is 24.3 Å². The molecule has 92 valence electrons. The highest BCUT2D eigenvalue weighted by Gasteiger charge is 2.22. The van der Waals surface area contributed by atoms with Crippen molar-refractivity contribution in [3.05, 3.63) is 35.4 Å². The second-order valence-electron chi connectivity index (χ2n) is 4.72. The molecule has 17 heavy (non-hydrogen) atoms. The van der Waals surface area contributed by atoms with E-state index in [-0.39, 0.29) is 0 Å². The van der Waals surface area contributed by atoms with Crippen LogP contribution in [0.5, 0.6) is 0 Å². The van der Waals surface area contributed by atoms with E-state index in [1.807, 2.05) is 0 Å². The molecule has 1 heterocycles. The topological polar surface area (TPSA) is 29.3 Å². The zero-order valence-corrected chi connectivity index (χ0v) is 11.2. The molecule has 0 fully saturated rings. The van der Waals surface area contributed by atoms with Gasteiger partial charge in [-0.15, -0.1) is 0 Å². The van der Waals surface area contributed by atoms with E-state index in [0.29, 0.717) is 11.0 Å². The van der Waals surface area contributed by atoms with Crippen LogP contribution in [-0.2, 0) is 13.0 Å². The summed E-state index contributed by atoms with van der Waals surface area (Å²) < 4.78 is 0. The summed E-state index contributed by atoms with van der Waals surface area (Å²) in [7, 11) is 0. The van der Waals surface area contributed by atoms with Gasteiger partial charge in [0.2, 0.25) is 0 Å². The van der Waals surface area contributed by atoms with Crippen molar-refractivity contribution in [1.29, 1.82) is 0 Å². The first-order valence-electron chi connectivity index (χ1n) is 6.30. The highest BCUT2D eigenvalue weighted by atomic mass is 32.1. The van der Waals surface area contributed by atoms with Crippen molar-refractivity contribution in [1.82, 2.24) is 4.90 Å².